The summed E-state index contributed by atoms with van der Waals surface area (Å²) >= 11 is 0. The second kappa shape index (κ2) is 2.78. The van der Waals surface area contributed by atoms with Crippen molar-refractivity contribution in [2.45, 2.75) is 6.04 Å². The van der Waals surface area contributed by atoms with E-state index < -0.39 is 0 Å². The van der Waals surface area contributed by atoms with Crippen LogP contribution in [0.3, 0.4) is 0 Å². The fraction of sp³-hybridized carbons (Fsp3) is 0.800. The van der Waals surface area contributed by atoms with Crippen LogP contribution in [0.5, 0.6) is 0 Å². The SMILES string of the molecule is N#CC1CN1OCCO. The lowest BCUT2D eigenvalue weighted by Gasteiger charge is -1.97. The number of aliphatic hydroxyl groups is 1. The third-order valence-corrected chi connectivity index (χ3v) is 1.06. The van der Waals surface area contributed by atoms with Gasteiger partial charge in [0.25, 0.3) is 0 Å². The second-order valence-corrected chi connectivity index (χ2v) is 1.80. The predicted octanol–water partition coefficient (Wildman–Crippen LogP) is -0.882. The van der Waals surface area contributed by atoms with Gasteiger partial charge in [-0.05, 0) is 0 Å². The van der Waals surface area contributed by atoms with Gasteiger partial charge in [-0.2, -0.15) is 10.3 Å². The molecule has 1 fully saturated rings. The van der Waals surface area contributed by atoms with E-state index in [0.29, 0.717) is 6.54 Å². The molecule has 0 amide bonds. The lowest BCUT2D eigenvalue weighted by molar-refractivity contribution is -0.0823. The van der Waals surface area contributed by atoms with Crippen molar-refractivity contribution < 1.29 is 9.94 Å². The molecular formula is C5H8N2O2. The molecule has 0 aromatic rings. The molecule has 1 heterocycles. The predicted molar refractivity (Wildman–Crippen MR) is 29.1 cm³/mol. The molecule has 4 nitrogen and oxygen atoms in total. The van der Waals surface area contributed by atoms with E-state index in [9.17, 15) is 0 Å². The summed E-state index contributed by atoms with van der Waals surface area (Å²) in [6.45, 7) is 0.976. The zero-order valence-corrected chi connectivity index (χ0v) is 4.95. The van der Waals surface area contributed by atoms with Gasteiger partial charge in [-0.25, -0.2) is 0 Å². The summed E-state index contributed by atoms with van der Waals surface area (Å²) < 4.78 is 0. The van der Waals surface area contributed by atoms with Crippen LogP contribution in [0.1, 0.15) is 0 Å². The lowest BCUT2D eigenvalue weighted by Crippen LogP contribution is -2.06. The molecule has 1 aliphatic heterocycles. The Morgan fingerprint density at radius 3 is 3.11 bits per heavy atom. The van der Waals surface area contributed by atoms with E-state index in [0.717, 1.165) is 0 Å². The smallest absolute Gasteiger partial charge is 0.137 e. The lowest BCUT2D eigenvalue weighted by atomic mass is 10.6. The Morgan fingerprint density at radius 1 is 1.89 bits per heavy atom. The van der Waals surface area contributed by atoms with Gasteiger partial charge < -0.3 is 5.11 Å². The highest BCUT2D eigenvalue weighted by Crippen LogP contribution is 2.15. The van der Waals surface area contributed by atoms with Gasteiger partial charge in [-0.3, -0.25) is 4.84 Å². The molecule has 0 spiro atoms. The summed E-state index contributed by atoms with van der Waals surface area (Å²) in [5.41, 5.74) is 0. The Morgan fingerprint density at radius 2 is 2.67 bits per heavy atom. The van der Waals surface area contributed by atoms with Crippen LogP contribution < -0.4 is 0 Å². The highest BCUT2D eigenvalue weighted by molar-refractivity contribution is 5.01. The summed E-state index contributed by atoms with van der Waals surface area (Å²) in [5, 5.41) is 18.0. The quantitative estimate of drug-likeness (QED) is 0.501. The number of hydrogen-bond acceptors (Lipinski definition) is 4. The Kier molecular flexibility index (Phi) is 2.01. The largest absolute Gasteiger partial charge is 0.394 e. The number of hydrogen-bond donors (Lipinski definition) is 1. The van der Waals surface area contributed by atoms with E-state index in [2.05, 4.69) is 0 Å². The van der Waals surface area contributed by atoms with Crippen LogP contribution in [0, 0.1) is 11.3 Å². The summed E-state index contributed by atoms with van der Waals surface area (Å²) in [4.78, 5) is 4.87. The van der Waals surface area contributed by atoms with Gasteiger partial charge in [-0.15, -0.1) is 0 Å². The van der Waals surface area contributed by atoms with Crippen molar-refractivity contribution >= 4 is 0 Å². The van der Waals surface area contributed by atoms with Crippen LogP contribution >= 0.6 is 0 Å². The maximum atomic E-state index is 8.27. The molecule has 0 radical (unpaired) electrons. The van der Waals surface area contributed by atoms with E-state index in [-0.39, 0.29) is 19.3 Å². The fourth-order valence-electron chi connectivity index (χ4n) is 0.529. The Bertz CT molecular complexity index is 131. The van der Waals surface area contributed by atoms with Crippen molar-refractivity contribution in [3.8, 4) is 6.07 Å². The molecule has 4 heteroatoms. The first kappa shape index (κ1) is 6.49. The average Bonchev–Trinajstić information content (AvgIpc) is 2.62. The van der Waals surface area contributed by atoms with Crippen molar-refractivity contribution in [1.29, 1.82) is 5.26 Å². The first-order chi connectivity index (χ1) is 4.38. The first-order valence-corrected chi connectivity index (χ1v) is 2.78. The van der Waals surface area contributed by atoms with Gasteiger partial charge in [0, 0.05) is 0 Å². The monoisotopic (exact) mass is 128 g/mol. The van der Waals surface area contributed by atoms with Gasteiger partial charge in [-0.1, -0.05) is 0 Å². The van der Waals surface area contributed by atoms with E-state index >= 15 is 0 Å². The molecule has 50 valence electrons. The van der Waals surface area contributed by atoms with Crippen molar-refractivity contribution in [2.75, 3.05) is 19.8 Å². The number of aliphatic hydroxyl groups excluding tert-OH is 1. The van der Waals surface area contributed by atoms with Gasteiger partial charge >= 0.3 is 0 Å². The molecule has 0 saturated carbocycles. The normalized spacial score (nSPS) is 31.6. The van der Waals surface area contributed by atoms with Gasteiger partial charge in [0.1, 0.15) is 6.04 Å². The van der Waals surface area contributed by atoms with Crippen LogP contribution in [0.25, 0.3) is 0 Å². The van der Waals surface area contributed by atoms with Crippen LogP contribution in [0.2, 0.25) is 0 Å². The summed E-state index contributed by atoms with van der Waals surface area (Å²) in [7, 11) is 0. The first-order valence-electron chi connectivity index (χ1n) is 2.78. The third-order valence-electron chi connectivity index (χ3n) is 1.06. The van der Waals surface area contributed by atoms with E-state index in [1.165, 1.54) is 5.06 Å². The molecule has 1 aliphatic rings. The topological polar surface area (TPSA) is 56.3 Å². The van der Waals surface area contributed by atoms with E-state index in [4.69, 9.17) is 15.2 Å². The summed E-state index contributed by atoms with van der Waals surface area (Å²) in [5.74, 6) is 0. The molecule has 0 aromatic heterocycles. The Hall–Kier alpha value is -0.630. The molecule has 0 aromatic carbocycles. The Balaban J connectivity index is 2.00. The fourth-order valence-corrected chi connectivity index (χ4v) is 0.529. The molecule has 0 bridgehead atoms. The zero-order valence-electron chi connectivity index (χ0n) is 4.95. The molecule has 2 atom stereocenters. The third kappa shape index (κ3) is 1.64. The van der Waals surface area contributed by atoms with Crippen LogP contribution in [-0.4, -0.2) is 36.0 Å². The summed E-state index contributed by atoms with van der Waals surface area (Å²) in [6.07, 6.45) is 0. The van der Waals surface area contributed by atoms with Crippen molar-refractivity contribution in [3.05, 3.63) is 0 Å². The van der Waals surface area contributed by atoms with Crippen LogP contribution in [-0.2, 0) is 4.84 Å². The molecule has 1 N–H and O–H groups in total. The highest BCUT2D eigenvalue weighted by atomic mass is 16.7. The zero-order chi connectivity index (χ0) is 6.69. The molecule has 2 unspecified atom stereocenters. The minimum absolute atomic E-state index is 0.00858. The molecule has 9 heavy (non-hydrogen) atoms. The minimum Gasteiger partial charge on any atom is -0.394 e. The second-order valence-electron chi connectivity index (χ2n) is 1.80. The molecule has 0 aliphatic carbocycles. The Labute approximate surface area is 53.2 Å². The van der Waals surface area contributed by atoms with E-state index in [1.54, 1.807) is 0 Å². The van der Waals surface area contributed by atoms with Crippen LogP contribution in [0.4, 0.5) is 0 Å². The van der Waals surface area contributed by atoms with Gasteiger partial charge in [0.2, 0.25) is 0 Å². The number of rotatable bonds is 3. The average molecular weight is 128 g/mol. The van der Waals surface area contributed by atoms with Crippen molar-refractivity contribution in [1.82, 2.24) is 5.06 Å². The van der Waals surface area contributed by atoms with E-state index in [1.807, 2.05) is 6.07 Å². The number of hydroxylamine groups is 2. The number of nitriles is 1. The summed E-state index contributed by atoms with van der Waals surface area (Å²) in [6, 6.07) is 1.94. The maximum Gasteiger partial charge on any atom is 0.137 e. The van der Waals surface area contributed by atoms with Crippen molar-refractivity contribution in [2.24, 2.45) is 0 Å². The standard InChI is InChI=1S/C5H8N2O2/c6-3-5-4-7(5)9-2-1-8/h5,8H,1-2,4H2. The molecule has 1 saturated heterocycles. The van der Waals surface area contributed by atoms with Crippen LogP contribution in [0.15, 0.2) is 0 Å². The number of nitrogens with zero attached hydrogens (tertiary/aromatic N) is 2. The molecule has 1 rings (SSSR count). The van der Waals surface area contributed by atoms with Gasteiger partial charge in [0.05, 0.1) is 25.8 Å². The maximum absolute atomic E-state index is 8.27. The highest BCUT2D eigenvalue weighted by Gasteiger charge is 2.35. The van der Waals surface area contributed by atoms with Crippen molar-refractivity contribution in [3.63, 3.8) is 0 Å². The molecular weight excluding hydrogens is 120 g/mol. The van der Waals surface area contributed by atoms with Gasteiger partial charge in [0.15, 0.2) is 0 Å². The minimum atomic E-state index is -0.0726.